The van der Waals surface area contributed by atoms with Crippen LogP contribution in [0.3, 0.4) is 0 Å². The molecule has 1 aromatic carbocycles. The van der Waals surface area contributed by atoms with Gasteiger partial charge >= 0.3 is 5.97 Å². The minimum atomic E-state index is -1.05. The Morgan fingerprint density at radius 1 is 1.26 bits per heavy atom. The van der Waals surface area contributed by atoms with Crippen LogP contribution in [-0.2, 0) is 14.3 Å². The van der Waals surface area contributed by atoms with E-state index in [1.54, 1.807) is 24.3 Å². The maximum Gasteiger partial charge on any atom is 0.329 e. The Hall–Kier alpha value is -2.41. The first-order valence-corrected chi connectivity index (χ1v) is 7.46. The average Bonchev–Trinajstić information content (AvgIpc) is 3.24. The van der Waals surface area contributed by atoms with Crippen molar-refractivity contribution in [2.24, 2.45) is 11.8 Å². The summed E-state index contributed by atoms with van der Waals surface area (Å²) in [6.07, 6.45) is 0.927. The van der Waals surface area contributed by atoms with Crippen LogP contribution < -0.4 is 10.6 Å². The molecule has 2 rings (SSSR count). The lowest BCUT2D eigenvalue weighted by molar-refractivity contribution is -0.142. The first-order chi connectivity index (χ1) is 11.0. The van der Waals surface area contributed by atoms with E-state index in [0.29, 0.717) is 17.2 Å². The standard InChI is InChI=1S/C16H20N2O5/c1-10-8-13(10)16(22)18-12-4-2-11(3-5-12)15(21)17-6-7-23-9-14(19)20/h2-5,10,13H,6-9H2,1H3,(H,17,21)(H,18,22)(H,19,20). The molecule has 0 spiro atoms. The van der Waals surface area contributed by atoms with Crippen molar-refractivity contribution in [3.63, 3.8) is 0 Å². The Morgan fingerprint density at radius 3 is 2.48 bits per heavy atom. The van der Waals surface area contributed by atoms with Gasteiger partial charge in [-0.3, -0.25) is 9.59 Å². The van der Waals surface area contributed by atoms with E-state index in [0.717, 1.165) is 6.42 Å². The topological polar surface area (TPSA) is 105 Å². The number of amides is 2. The number of hydrogen-bond acceptors (Lipinski definition) is 4. The molecule has 1 saturated carbocycles. The number of nitrogens with one attached hydrogen (secondary N) is 2. The molecule has 1 aliphatic rings. The van der Waals surface area contributed by atoms with Crippen LogP contribution in [0, 0.1) is 11.8 Å². The second-order valence-electron chi connectivity index (χ2n) is 5.59. The van der Waals surface area contributed by atoms with Gasteiger partial charge in [-0.1, -0.05) is 6.92 Å². The Kier molecular flexibility index (Phi) is 5.70. The van der Waals surface area contributed by atoms with Gasteiger partial charge in [-0.15, -0.1) is 0 Å². The van der Waals surface area contributed by atoms with Crippen molar-refractivity contribution in [2.75, 3.05) is 25.1 Å². The highest BCUT2D eigenvalue weighted by Gasteiger charge is 2.38. The number of anilines is 1. The van der Waals surface area contributed by atoms with Crippen LogP contribution in [0.25, 0.3) is 0 Å². The molecule has 0 heterocycles. The number of rotatable bonds is 8. The van der Waals surface area contributed by atoms with Crippen molar-refractivity contribution in [3.05, 3.63) is 29.8 Å². The molecule has 1 aromatic rings. The van der Waals surface area contributed by atoms with E-state index >= 15 is 0 Å². The van der Waals surface area contributed by atoms with Gasteiger partial charge in [0.25, 0.3) is 5.91 Å². The van der Waals surface area contributed by atoms with Gasteiger partial charge in [0.1, 0.15) is 6.61 Å². The maximum atomic E-state index is 11.9. The zero-order valence-electron chi connectivity index (χ0n) is 12.9. The molecule has 124 valence electrons. The normalized spacial score (nSPS) is 19.0. The zero-order valence-corrected chi connectivity index (χ0v) is 12.9. The molecule has 1 fully saturated rings. The minimum absolute atomic E-state index is 0.0188. The predicted molar refractivity (Wildman–Crippen MR) is 83.1 cm³/mol. The summed E-state index contributed by atoms with van der Waals surface area (Å²) in [7, 11) is 0. The summed E-state index contributed by atoms with van der Waals surface area (Å²) in [5.41, 5.74) is 1.12. The van der Waals surface area contributed by atoms with Crippen LogP contribution >= 0.6 is 0 Å². The lowest BCUT2D eigenvalue weighted by Gasteiger charge is -2.07. The highest BCUT2D eigenvalue weighted by Crippen LogP contribution is 2.38. The monoisotopic (exact) mass is 320 g/mol. The molecule has 0 saturated heterocycles. The molecule has 0 radical (unpaired) electrons. The summed E-state index contributed by atoms with van der Waals surface area (Å²) in [6.45, 7) is 2.01. The fourth-order valence-corrected chi connectivity index (χ4v) is 2.13. The highest BCUT2D eigenvalue weighted by molar-refractivity contribution is 5.96. The van der Waals surface area contributed by atoms with E-state index in [1.807, 2.05) is 6.92 Å². The van der Waals surface area contributed by atoms with Crippen molar-refractivity contribution in [1.82, 2.24) is 5.32 Å². The summed E-state index contributed by atoms with van der Waals surface area (Å²) >= 11 is 0. The lowest BCUT2D eigenvalue weighted by atomic mass is 10.2. The van der Waals surface area contributed by atoms with Gasteiger partial charge in [-0.05, 0) is 36.6 Å². The van der Waals surface area contributed by atoms with Crippen molar-refractivity contribution in [2.45, 2.75) is 13.3 Å². The molecule has 1 aliphatic carbocycles. The fraction of sp³-hybridized carbons (Fsp3) is 0.438. The Bertz CT molecular complexity index is 585. The number of benzene rings is 1. The minimum Gasteiger partial charge on any atom is -0.480 e. The van der Waals surface area contributed by atoms with Gasteiger partial charge in [0.15, 0.2) is 0 Å². The second-order valence-corrected chi connectivity index (χ2v) is 5.59. The van der Waals surface area contributed by atoms with E-state index in [1.165, 1.54) is 0 Å². The Morgan fingerprint density at radius 2 is 1.91 bits per heavy atom. The summed E-state index contributed by atoms with van der Waals surface area (Å²) in [5.74, 6) is -0.760. The van der Waals surface area contributed by atoms with Crippen molar-refractivity contribution < 1.29 is 24.2 Å². The molecular formula is C16H20N2O5. The van der Waals surface area contributed by atoms with E-state index in [2.05, 4.69) is 10.6 Å². The molecular weight excluding hydrogens is 300 g/mol. The molecule has 23 heavy (non-hydrogen) atoms. The Labute approximate surface area is 134 Å². The molecule has 2 amide bonds. The van der Waals surface area contributed by atoms with Crippen molar-refractivity contribution in [1.29, 1.82) is 0 Å². The number of carboxylic acids is 1. The SMILES string of the molecule is CC1CC1C(=O)Nc1ccc(C(=O)NCCOCC(=O)O)cc1. The third-order valence-electron chi connectivity index (χ3n) is 3.62. The molecule has 0 aliphatic heterocycles. The van der Waals surface area contributed by atoms with Crippen LogP contribution in [0.15, 0.2) is 24.3 Å². The molecule has 7 heteroatoms. The predicted octanol–water partition coefficient (Wildman–Crippen LogP) is 1.11. The third kappa shape index (κ3) is 5.37. The molecule has 0 bridgehead atoms. The summed E-state index contributed by atoms with van der Waals surface area (Å²) in [6, 6.07) is 6.61. The summed E-state index contributed by atoms with van der Waals surface area (Å²) in [5, 5.41) is 13.8. The number of carboxylic acid groups (broad SMARTS) is 1. The van der Waals surface area contributed by atoms with Crippen LogP contribution in [0.1, 0.15) is 23.7 Å². The van der Waals surface area contributed by atoms with Gasteiger partial charge in [-0.25, -0.2) is 4.79 Å². The summed E-state index contributed by atoms with van der Waals surface area (Å²) < 4.78 is 4.82. The van der Waals surface area contributed by atoms with Gasteiger partial charge in [-0.2, -0.15) is 0 Å². The van der Waals surface area contributed by atoms with Crippen LogP contribution in [0.5, 0.6) is 0 Å². The number of carbonyl (C=O) groups excluding carboxylic acids is 2. The molecule has 2 atom stereocenters. The molecule has 2 unspecified atom stereocenters. The quantitative estimate of drug-likeness (QED) is 0.622. The van der Waals surface area contributed by atoms with Crippen molar-refractivity contribution in [3.8, 4) is 0 Å². The third-order valence-corrected chi connectivity index (χ3v) is 3.62. The van der Waals surface area contributed by atoms with Crippen LogP contribution in [0.4, 0.5) is 5.69 Å². The number of aliphatic carboxylic acids is 1. The number of ether oxygens (including phenoxy) is 1. The van der Waals surface area contributed by atoms with Gasteiger partial charge in [0, 0.05) is 23.7 Å². The first-order valence-electron chi connectivity index (χ1n) is 7.46. The van der Waals surface area contributed by atoms with E-state index < -0.39 is 5.97 Å². The second kappa shape index (κ2) is 7.73. The van der Waals surface area contributed by atoms with Crippen LogP contribution in [-0.4, -0.2) is 42.6 Å². The average molecular weight is 320 g/mol. The maximum absolute atomic E-state index is 11.9. The van der Waals surface area contributed by atoms with E-state index in [9.17, 15) is 14.4 Å². The Balaban J connectivity index is 1.74. The molecule has 7 nitrogen and oxygen atoms in total. The largest absolute Gasteiger partial charge is 0.480 e. The van der Waals surface area contributed by atoms with Gasteiger partial charge < -0.3 is 20.5 Å². The van der Waals surface area contributed by atoms with Crippen molar-refractivity contribution >= 4 is 23.5 Å². The molecule has 3 N–H and O–H groups in total. The fourth-order valence-electron chi connectivity index (χ4n) is 2.13. The number of hydrogen-bond donors (Lipinski definition) is 3. The first kappa shape index (κ1) is 17.0. The highest BCUT2D eigenvalue weighted by atomic mass is 16.5. The van der Waals surface area contributed by atoms with E-state index in [4.69, 9.17) is 9.84 Å². The molecule has 0 aromatic heterocycles. The van der Waals surface area contributed by atoms with Crippen LogP contribution in [0.2, 0.25) is 0 Å². The summed E-state index contributed by atoms with van der Waals surface area (Å²) in [4.78, 5) is 33.9. The smallest absolute Gasteiger partial charge is 0.329 e. The lowest BCUT2D eigenvalue weighted by Crippen LogP contribution is -2.27. The van der Waals surface area contributed by atoms with Gasteiger partial charge in [0.05, 0.1) is 6.61 Å². The van der Waals surface area contributed by atoms with Gasteiger partial charge in [0.2, 0.25) is 5.91 Å². The zero-order chi connectivity index (χ0) is 16.8. The van der Waals surface area contributed by atoms with E-state index in [-0.39, 0.29) is 37.5 Å². The number of carbonyl (C=O) groups is 3.